The van der Waals surface area contributed by atoms with Crippen molar-refractivity contribution in [3.63, 3.8) is 0 Å². The highest BCUT2D eigenvalue weighted by Gasteiger charge is 2.30. The molecule has 0 saturated carbocycles. The van der Waals surface area contributed by atoms with E-state index in [1.54, 1.807) is 13.1 Å². The van der Waals surface area contributed by atoms with Gasteiger partial charge >= 0.3 is 0 Å². The first kappa shape index (κ1) is 33.4. The molecule has 5 N–H and O–H groups in total. The zero-order valence-corrected chi connectivity index (χ0v) is 25.9. The van der Waals surface area contributed by atoms with Crippen LogP contribution in [-0.2, 0) is 40.2 Å². The molecule has 0 amide bonds. The van der Waals surface area contributed by atoms with Crippen molar-refractivity contribution in [1.82, 2.24) is 20.6 Å². The Hall–Kier alpha value is -1.84. The summed E-state index contributed by atoms with van der Waals surface area (Å²) in [5.74, 6) is 0.227. The molecule has 0 radical (unpaired) electrons. The van der Waals surface area contributed by atoms with Crippen molar-refractivity contribution in [1.29, 1.82) is 0 Å². The number of rotatable bonds is 11. The molecule has 0 aromatic carbocycles. The van der Waals surface area contributed by atoms with E-state index in [0.29, 0.717) is 49.2 Å². The fourth-order valence-electron chi connectivity index (χ4n) is 3.74. The van der Waals surface area contributed by atoms with Crippen molar-refractivity contribution in [3.05, 3.63) is 46.0 Å². The summed E-state index contributed by atoms with van der Waals surface area (Å²) in [6.07, 6.45) is 4.34. The Bertz CT molecular complexity index is 1210. The minimum absolute atomic E-state index is 0.000112. The third-order valence-corrected chi connectivity index (χ3v) is 8.42. The van der Waals surface area contributed by atoms with Crippen LogP contribution in [0.15, 0.2) is 12.4 Å². The second kappa shape index (κ2) is 14.2. The first-order chi connectivity index (χ1) is 18.0. The van der Waals surface area contributed by atoms with Gasteiger partial charge < -0.3 is 39.8 Å². The number of fused-ring (bicyclic) bond motifs is 1. The number of aromatic hydroxyl groups is 1. The topological polar surface area (TPSA) is 163 Å². The van der Waals surface area contributed by atoms with E-state index in [1.165, 1.54) is 6.66 Å². The third kappa shape index (κ3) is 11.3. The van der Waals surface area contributed by atoms with Gasteiger partial charge in [0.15, 0.2) is 7.37 Å². The maximum absolute atomic E-state index is 11.7. The van der Waals surface area contributed by atoms with Crippen molar-refractivity contribution in [2.45, 2.75) is 59.8 Å². The Balaban J connectivity index is 0.000000277. The van der Waals surface area contributed by atoms with E-state index in [1.807, 2.05) is 40.3 Å². The molecule has 0 bridgehead atoms. The second-order valence-corrected chi connectivity index (χ2v) is 16.9. The van der Waals surface area contributed by atoms with Crippen molar-refractivity contribution >= 4 is 14.5 Å². The first-order valence-corrected chi connectivity index (χ1v) is 17.9. The molecular formula is C26H44N4O7P2. The summed E-state index contributed by atoms with van der Waals surface area (Å²) >= 11 is 0. The molecule has 1 atom stereocenters. The molecule has 11 nitrogen and oxygen atoms in total. The predicted molar refractivity (Wildman–Crippen MR) is 153 cm³/mol. The maximum atomic E-state index is 11.7. The summed E-state index contributed by atoms with van der Waals surface area (Å²) in [5, 5.41) is 25.2. The van der Waals surface area contributed by atoms with E-state index in [-0.39, 0.29) is 18.5 Å². The average molecular weight is 587 g/mol. The molecule has 1 unspecified atom stereocenters. The number of nitrogens with zero attached hydrogens (tertiary/aromatic N) is 2. The molecule has 1 aliphatic rings. The molecule has 0 fully saturated rings. The van der Waals surface area contributed by atoms with Gasteiger partial charge in [0.25, 0.3) is 0 Å². The average Bonchev–Trinajstić information content (AvgIpc) is 2.82. The van der Waals surface area contributed by atoms with Crippen molar-refractivity contribution in [2.24, 2.45) is 0 Å². The number of pyridine rings is 2. The van der Waals surface area contributed by atoms with E-state index in [4.69, 9.17) is 14.4 Å². The van der Waals surface area contributed by atoms with Gasteiger partial charge in [0.2, 0.25) is 5.79 Å². The summed E-state index contributed by atoms with van der Waals surface area (Å²) in [4.78, 5) is 17.5. The number of ether oxygens (including phenoxy) is 2. The van der Waals surface area contributed by atoms with E-state index in [9.17, 15) is 19.3 Å². The normalized spacial score (nSPS) is 15.9. The summed E-state index contributed by atoms with van der Waals surface area (Å²) in [6.45, 7) is 14.8. The van der Waals surface area contributed by atoms with E-state index >= 15 is 0 Å². The summed E-state index contributed by atoms with van der Waals surface area (Å²) in [6, 6.07) is 0. The second-order valence-electron chi connectivity index (χ2n) is 10.7. The molecule has 0 spiro atoms. The van der Waals surface area contributed by atoms with Crippen LogP contribution in [-0.4, -0.2) is 76.3 Å². The Labute approximate surface area is 231 Å². The van der Waals surface area contributed by atoms with Crippen molar-refractivity contribution in [2.75, 3.05) is 45.4 Å². The first-order valence-electron chi connectivity index (χ1n) is 12.8. The van der Waals surface area contributed by atoms with Gasteiger partial charge in [0.05, 0.1) is 31.7 Å². The molecule has 0 aliphatic carbocycles. The molecule has 0 saturated heterocycles. The fraction of sp³-hybridized carbons (Fsp3) is 0.615. The van der Waals surface area contributed by atoms with Gasteiger partial charge in [-0.05, 0) is 38.3 Å². The van der Waals surface area contributed by atoms with Crippen LogP contribution in [0, 0.1) is 13.8 Å². The molecule has 2 aromatic heterocycles. The molecule has 3 heterocycles. The van der Waals surface area contributed by atoms with Gasteiger partial charge in [0.1, 0.15) is 11.5 Å². The Morgan fingerprint density at radius 1 is 0.974 bits per heavy atom. The molecule has 2 aromatic rings. The Morgan fingerprint density at radius 2 is 1.54 bits per heavy atom. The van der Waals surface area contributed by atoms with Crippen molar-refractivity contribution in [3.8, 4) is 11.5 Å². The SMILES string of the molecule is Cc1ncc(CNCCP(C)(=O)O)c(CO)c1O.Cc1ncc(CNCCP(C)(C)=O)c2c1OC(C)(C)OC2. The van der Waals surface area contributed by atoms with Crippen LogP contribution in [0.4, 0.5) is 0 Å². The number of aliphatic hydroxyl groups is 1. The summed E-state index contributed by atoms with van der Waals surface area (Å²) < 4.78 is 34.4. The highest BCUT2D eigenvalue weighted by Crippen LogP contribution is 2.36. The minimum atomic E-state index is -3.00. The standard InChI is InChI=1S/C15H25N2O3P.C11H19N2O4P/c1-11-14-13(10-19-15(2,3)20-14)12(9-17-11)8-16-6-7-21(4,5)18;1-8-11(15)10(7-14)9(6-13-8)5-12-3-4-18(2,16)17/h9,16H,6-8,10H2,1-5H3;6,12,14-15H,3-5,7H2,1-2H3,(H,16,17). The Kier molecular flexibility index (Phi) is 12.1. The van der Waals surface area contributed by atoms with Crippen LogP contribution < -0.4 is 15.4 Å². The van der Waals surface area contributed by atoms with E-state index in [0.717, 1.165) is 29.1 Å². The lowest BCUT2D eigenvalue weighted by Crippen LogP contribution is -2.36. The van der Waals surface area contributed by atoms with Crippen LogP contribution in [0.2, 0.25) is 0 Å². The third-order valence-electron chi connectivity index (χ3n) is 6.07. The molecular weight excluding hydrogens is 542 g/mol. The van der Waals surface area contributed by atoms with Crippen molar-refractivity contribution < 1.29 is 33.7 Å². The molecule has 220 valence electrons. The maximum Gasteiger partial charge on any atom is 0.205 e. The zero-order valence-electron chi connectivity index (χ0n) is 24.1. The van der Waals surface area contributed by atoms with Crippen LogP contribution in [0.3, 0.4) is 0 Å². The van der Waals surface area contributed by atoms with Crippen LogP contribution in [0.1, 0.15) is 47.5 Å². The Morgan fingerprint density at radius 3 is 2.13 bits per heavy atom. The molecule has 3 rings (SSSR count). The van der Waals surface area contributed by atoms with Gasteiger partial charge in [-0.2, -0.15) is 0 Å². The number of aromatic nitrogens is 2. The molecule has 13 heteroatoms. The fourth-order valence-corrected chi connectivity index (χ4v) is 5.01. The highest BCUT2D eigenvalue weighted by molar-refractivity contribution is 7.62. The summed E-state index contributed by atoms with van der Waals surface area (Å²) in [7, 11) is -4.96. The summed E-state index contributed by atoms with van der Waals surface area (Å²) in [5.41, 5.74) is 4.62. The van der Waals surface area contributed by atoms with Crippen LogP contribution in [0.25, 0.3) is 0 Å². The molecule has 39 heavy (non-hydrogen) atoms. The number of aryl methyl sites for hydroxylation is 2. The zero-order chi connectivity index (χ0) is 29.4. The lowest BCUT2D eigenvalue weighted by atomic mass is 10.1. The van der Waals surface area contributed by atoms with Gasteiger partial charge in [-0.25, -0.2) is 0 Å². The number of nitrogens with one attached hydrogen (secondary N) is 2. The van der Waals surface area contributed by atoms with Gasteiger partial charge in [0, 0.05) is 82.5 Å². The quantitative estimate of drug-likeness (QED) is 0.194. The van der Waals surface area contributed by atoms with Gasteiger partial charge in [-0.15, -0.1) is 0 Å². The molecule has 1 aliphatic heterocycles. The minimum Gasteiger partial charge on any atom is -0.506 e. The predicted octanol–water partition coefficient (Wildman–Crippen LogP) is 3.33. The van der Waals surface area contributed by atoms with Crippen LogP contribution >= 0.6 is 14.5 Å². The van der Waals surface area contributed by atoms with E-state index < -0.39 is 20.3 Å². The number of hydrogen-bond acceptors (Lipinski definition) is 10. The highest BCUT2D eigenvalue weighted by atomic mass is 31.2. The lowest BCUT2D eigenvalue weighted by Gasteiger charge is -2.34. The number of hydrogen-bond donors (Lipinski definition) is 5. The largest absolute Gasteiger partial charge is 0.506 e. The van der Waals surface area contributed by atoms with Gasteiger partial charge in [-0.1, -0.05) is 0 Å². The number of aliphatic hydroxyl groups excluding tert-OH is 1. The lowest BCUT2D eigenvalue weighted by molar-refractivity contribution is -0.180. The van der Waals surface area contributed by atoms with Crippen LogP contribution in [0.5, 0.6) is 11.5 Å². The van der Waals surface area contributed by atoms with E-state index in [2.05, 4.69) is 20.6 Å². The monoisotopic (exact) mass is 586 g/mol. The smallest absolute Gasteiger partial charge is 0.205 e. The van der Waals surface area contributed by atoms with Gasteiger partial charge in [-0.3, -0.25) is 14.5 Å².